The highest BCUT2D eigenvalue weighted by molar-refractivity contribution is 7.90. The van der Waals surface area contributed by atoms with E-state index in [0.29, 0.717) is 6.42 Å². The van der Waals surface area contributed by atoms with Crippen molar-refractivity contribution in [1.82, 2.24) is 5.32 Å². The van der Waals surface area contributed by atoms with Crippen LogP contribution < -0.4 is 5.32 Å². The van der Waals surface area contributed by atoms with Crippen LogP contribution in [0.15, 0.2) is 16.8 Å². The molecule has 0 saturated carbocycles. The van der Waals surface area contributed by atoms with E-state index in [4.69, 9.17) is 0 Å². The van der Waals surface area contributed by atoms with Crippen molar-refractivity contribution in [1.29, 1.82) is 0 Å². The van der Waals surface area contributed by atoms with E-state index in [1.165, 1.54) is 11.8 Å². The largest absolute Gasteiger partial charge is 0.313 e. The minimum Gasteiger partial charge on any atom is -0.313 e. The van der Waals surface area contributed by atoms with E-state index < -0.39 is 9.84 Å². The first-order chi connectivity index (χ1) is 6.53. The fourth-order valence-corrected chi connectivity index (χ4v) is 2.66. The third-order valence-corrected chi connectivity index (χ3v) is 3.75. The highest BCUT2D eigenvalue weighted by Gasteiger charge is 2.12. The Morgan fingerprint density at radius 2 is 2.29 bits per heavy atom. The van der Waals surface area contributed by atoms with Crippen molar-refractivity contribution in [2.24, 2.45) is 0 Å². The highest BCUT2D eigenvalue weighted by Crippen LogP contribution is 2.19. The maximum atomic E-state index is 11.0. The Balaban J connectivity index is 2.57. The molecule has 0 saturated heterocycles. The van der Waals surface area contributed by atoms with Crippen molar-refractivity contribution in [2.75, 3.05) is 19.1 Å². The molecule has 14 heavy (non-hydrogen) atoms. The first kappa shape index (κ1) is 11.7. The van der Waals surface area contributed by atoms with Gasteiger partial charge < -0.3 is 5.32 Å². The number of hydrogen-bond donors (Lipinski definition) is 1. The lowest BCUT2D eigenvalue weighted by Crippen LogP contribution is -2.19. The summed E-state index contributed by atoms with van der Waals surface area (Å²) in [5.74, 6) is 0.231. The molecule has 1 unspecified atom stereocenters. The Kier molecular flexibility index (Phi) is 4.10. The van der Waals surface area contributed by atoms with Crippen molar-refractivity contribution in [3.05, 3.63) is 22.4 Å². The number of hydrogen-bond acceptors (Lipinski definition) is 4. The Labute approximate surface area is 89.1 Å². The number of rotatable bonds is 5. The molecular formula is C9H15NO2S2. The van der Waals surface area contributed by atoms with Gasteiger partial charge in [0.1, 0.15) is 9.84 Å². The lowest BCUT2D eigenvalue weighted by atomic mass is 10.1. The van der Waals surface area contributed by atoms with E-state index in [1.807, 2.05) is 23.9 Å². The minimum atomic E-state index is -2.86. The van der Waals surface area contributed by atoms with E-state index >= 15 is 0 Å². The van der Waals surface area contributed by atoms with Crippen LogP contribution in [0.5, 0.6) is 0 Å². The molecule has 0 aliphatic carbocycles. The quantitative estimate of drug-likeness (QED) is 0.837. The molecule has 5 heteroatoms. The van der Waals surface area contributed by atoms with Gasteiger partial charge in [0.25, 0.3) is 0 Å². The summed E-state index contributed by atoms with van der Waals surface area (Å²) in [6, 6.07) is 2.17. The summed E-state index contributed by atoms with van der Waals surface area (Å²) in [6.45, 7) is 0. The maximum Gasteiger partial charge on any atom is 0.147 e. The first-order valence-electron chi connectivity index (χ1n) is 4.40. The van der Waals surface area contributed by atoms with Crippen molar-refractivity contribution >= 4 is 21.2 Å². The predicted octanol–water partition coefficient (Wildman–Crippen LogP) is 1.44. The molecular weight excluding hydrogens is 218 g/mol. The van der Waals surface area contributed by atoms with E-state index in [2.05, 4.69) is 5.32 Å². The van der Waals surface area contributed by atoms with Gasteiger partial charge in [-0.2, -0.15) is 11.3 Å². The van der Waals surface area contributed by atoms with Crippen LogP contribution in [-0.4, -0.2) is 27.5 Å². The van der Waals surface area contributed by atoms with Crippen molar-refractivity contribution in [2.45, 2.75) is 12.5 Å². The summed E-state index contributed by atoms with van der Waals surface area (Å²) in [4.78, 5) is 0. The van der Waals surface area contributed by atoms with E-state index in [-0.39, 0.29) is 11.8 Å². The molecule has 0 aromatic carbocycles. The molecule has 1 heterocycles. The average Bonchev–Trinajstić information content (AvgIpc) is 2.56. The summed E-state index contributed by atoms with van der Waals surface area (Å²) in [5.41, 5.74) is 1.17. The molecule has 0 bridgehead atoms. The van der Waals surface area contributed by atoms with Gasteiger partial charge in [-0.3, -0.25) is 0 Å². The van der Waals surface area contributed by atoms with Gasteiger partial charge in [-0.25, -0.2) is 8.42 Å². The molecule has 0 fully saturated rings. The molecule has 0 aliphatic rings. The lowest BCUT2D eigenvalue weighted by molar-refractivity contribution is 0.560. The maximum absolute atomic E-state index is 11.0. The Morgan fingerprint density at radius 1 is 1.57 bits per heavy atom. The van der Waals surface area contributed by atoms with Gasteiger partial charge in [-0.05, 0) is 35.9 Å². The summed E-state index contributed by atoms with van der Waals surface area (Å²) in [6.07, 6.45) is 1.90. The van der Waals surface area contributed by atoms with E-state index in [1.54, 1.807) is 11.3 Å². The van der Waals surface area contributed by atoms with Gasteiger partial charge in [-0.1, -0.05) is 0 Å². The minimum absolute atomic E-state index is 0.149. The summed E-state index contributed by atoms with van der Waals surface area (Å²) < 4.78 is 22.0. The molecule has 1 atom stereocenters. The van der Waals surface area contributed by atoms with Crippen LogP contribution in [0.2, 0.25) is 0 Å². The number of sulfone groups is 1. The molecule has 0 spiro atoms. The van der Waals surface area contributed by atoms with Crippen molar-refractivity contribution in [3.8, 4) is 0 Å². The first-order valence-corrected chi connectivity index (χ1v) is 7.40. The van der Waals surface area contributed by atoms with Gasteiger partial charge in [0.2, 0.25) is 0 Å². The van der Waals surface area contributed by atoms with Crippen LogP contribution in [0.3, 0.4) is 0 Å². The Morgan fingerprint density at radius 3 is 2.71 bits per heavy atom. The zero-order valence-electron chi connectivity index (χ0n) is 8.36. The molecule has 0 aliphatic heterocycles. The summed E-state index contributed by atoms with van der Waals surface area (Å²) >= 11 is 1.63. The van der Waals surface area contributed by atoms with Crippen molar-refractivity contribution < 1.29 is 8.42 Å². The molecule has 0 amide bonds. The third kappa shape index (κ3) is 3.77. The number of thiophene rings is 1. The van der Waals surface area contributed by atoms with Gasteiger partial charge in [-0.15, -0.1) is 0 Å². The zero-order valence-corrected chi connectivity index (χ0v) is 9.99. The van der Waals surface area contributed by atoms with Crippen molar-refractivity contribution in [3.63, 3.8) is 0 Å². The standard InChI is InChI=1S/C9H15NO2S2/c1-10-9(4-6-14(2,11)12)8-3-5-13-7-8/h3,5,7,9-10H,4,6H2,1-2H3. The predicted molar refractivity (Wildman–Crippen MR) is 60.4 cm³/mol. The Bertz CT molecular complexity index is 356. The second kappa shape index (κ2) is 4.91. The van der Waals surface area contributed by atoms with Crippen LogP contribution in [0.4, 0.5) is 0 Å². The fourth-order valence-electron chi connectivity index (χ4n) is 1.28. The Hall–Kier alpha value is -0.390. The highest BCUT2D eigenvalue weighted by atomic mass is 32.2. The van der Waals surface area contributed by atoms with E-state index in [0.717, 1.165) is 0 Å². The monoisotopic (exact) mass is 233 g/mol. The van der Waals surface area contributed by atoms with Crippen LogP contribution in [-0.2, 0) is 9.84 Å². The SMILES string of the molecule is CNC(CCS(C)(=O)=O)c1ccsc1. The van der Waals surface area contributed by atoms with Crippen LogP contribution in [0.1, 0.15) is 18.0 Å². The summed E-state index contributed by atoms with van der Waals surface area (Å²) in [5, 5.41) is 7.16. The van der Waals surface area contributed by atoms with Gasteiger partial charge >= 0.3 is 0 Å². The molecule has 0 radical (unpaired) electrons. The van der Waals surface area contributed by atoms with Crippen LogP contribution in [0.25, 0.3) is 0 Å². The lowest BCUT2D eigenvalue weighted by Gasteiger charge is -2.13. The normalized spacial score (nSPS) is 14.1. The molecule has 1 N–H and O–H groups in total. The molecule has 3 nitrogen and oxygen atoms in total. The van der Waals surface area contributed by atoms with Crippen LogP contribution >= 0.6 is 11.3 Å². The topological polar surface area (TPSA) is 46.2 Å². The smallest absolute Gasteiger partial charge is 0.147 e. The molecule has 1 aromatic heterocycles. The van der Waals surface area contributed by atoms with E-state index in [9.17, 15) is 8.42 Å². The molecule has 80 valence electrons. The fraction of sp³-hybridized carbons (Fsp3) is 0.556. The van der Waals surface area contributed by atoms with Crippen LogP contribution in [0, 0.1) is 0 Å². The summed E-state index contributed by atoms with van der Waals surface area (Å²) in [7, 11) is -1.01. The number of nitrogens with one attached hydrogen (secondary N) is 1. The van der Waals surface area contributed by atoms with Gasteiger partial charge in [0.15, 0.2) is 0 Å². The van der Waals surface area contributed by atoms with Gasteiger partial charge in [0.05, 0.1) is 5.75 Å². The zero-order chi connectivity index (χ0) is 10.6. The third-order valence-electron chi connectivity index (χ3n) is 2.07. The average molecular weight is 233 g/mol. The molecule has 1 aromatic rings. The van der Waals surface area contributed by atoms with Gasteiger partial charge in [0, 0.05) is 12.3 Å². The molecule has 1 rings (SSSR count). The second-order valence-electron chi connectivity index (χ2n) is 3.32. The second-order valence-corrected chi connectivity index (χ2v) is 6.36.